The summed E-state index contributed by atoms with van der Waals surface area (Å²) in [5.74, 6) is 2.52. The van der Waals surface area contributed by atoms with Crippen LogP contribution in [0.15, 0.2) is 52.1 Å². The number of halogens is 1. The Morgan fingerprint density at radius 1 is 1.17 bits per heavy atom. The molecule has 24 heavy (non-hydrogen) atoms. The van der Waals surface area contributed by atoms with Crippen molar-refractivity contribution in [3.05, 3.63) is 59.8 Å². The maximum Gasteiger partial charge on any atom is 0.191 e. The molecule has 0 radical (unpaired) electrons. The molecule has 0 aliphatic carbocycles. The van der Waals surface area contributed by atoms with E-state index in [1.165, 1.54) is 6.07 Å². The third-order valence-corrected chi connectivity index (χ3v) is 4.00. The second-order valence-electron chi connectivity index (χ2n) is 5.29. The van der Waals surface area contributed by atoms with Gasteiger partial charge in [-0.1, -0.05) is 12.1 Å². The number of nitrogens with one attached hydrogen (secondary N) is 2. The first-order valence-corrected chi connectivity index (χ1v) is 9.45. The number of guanidine groups is 1. The van der Waals surface area contributed by atoms with Crippen LogP contribution < -0.4 is 10.6 Å². The molecule has 0 aliphatic rings. The monoisotopic (exact) mass is 349 g/mol. The molecule has 0 spiro atoms. The summed E-state index contributed by atoms with van der Waals surface area (Å²) in [6.07, 6.45) is 5.30. The lowest BCUT2D eigenvalue weighted by Gasteiger charge is -2.12. The van der Waals surface area contributed by atoms with E-state index in [1.54, 1.807) is 30.2 Å². The summed E-state index contributed by atoms with van der Waals surface area (Å²) in [6.45, 7) is 2.21. The fraction of sp³-hybridized carbons (Fsp3) is 0.389. The van der Waals surface area contributed by atoms with E-state index >= 15 is 0 Å². The van der Waals surface area contributed by atoms with Crippen LogP contribution in [-0.4, -0.2) is 37.6 Å². The first-order chi connectivity index (χ1) is 11.8. The molecule has 0 atom stereocenters. The van der Waals surface area contributed by atoms with Crippen LogP contribution in [0.5, 0.6) is 0 Å². The molecule has 0 unspecified atom stereocenters. The molecule has 2 aromatic rings. The Bertz CT molecular complexity index is 616. The van der Waals surface area contributed by atoms with Crippen molar-refractivity contribution in [1.82, 2.24) is 10.6 Å². The van der Waals surface area contributed by atoms with Gasteiger partial charge >= 0.3 is 0 Å². The van der Waals surface area contributed by atoms with Crippen LogP contribution in [0.25, 0.3) is 0 Å². The third kappa shape index (κ3) is 7.08. The molecule has 0 aliphatic heterocycles. The summed E-state index contributed by atoms with van der Waals surface area (Å²) in [5, 5.41) is 6.61. The second kappa shape index (κ2) is 10.8. The van der Waals surface area contributed by atoms with E-state index in [1.807, 2.05) is 18.2 Å². The van der Waals surface area contributed by atoms with Crippen LogP contribution in [0.4, 0.5) is 4.39 Å². The van der Waals surface area contributed by atoms with Crippen LogP contribution in [-0.2, 0) is 12.8 Å². The van der Waals surface area contributed by atoms with Crippen LogP contribution in [0.2, 0.25) is 0 Å². The molecule has 1 aromatic carbocycles. The summed E-state index contributed by atoms with van der Waals surface area (Å²) >= 11 is 1.77. The maximum absolute atomic E-state index is 13.2. The third-order valence-electron chi connectivity index (χ3n) is 3.40. The molecule has 1 aromatic heterocycles. The number of nitrogens with zero attached hydrogens (tertiary/aromatic N) is 1. The van der Waals surface area contributed by atoms with E-state index in [4.69, 9.17) is 4.42 Å². The van der Waals surface area contributed by atoms with E-state index in [0.29, 0.717) is 6.54 Å². The minimum atomic E-state index is -0.196. The lowest BCUT2D eigenvalue weighted by atomic mass is 10.1. The molecule has 1 heterocycles. The molecule has 0 bridgehead atoms. The normalized spacial score (nSPS) is 11.5. The molecule has 0 fully saturated rings. The fourth-order valence-electron chi connectivity index (χ4n) is 2.20. The molecule has 6 heteroatoms. The number of benzene rings is 1. The summed E-state index contributed by atoms with van der Waals surface area (Å²) in [7, 11) is 0. The van der Waals surface area contributed by atoms with Gasteiger partial charge in [0.1, 0.15) is 11.6 Å². The number of hydrogen-bond acceptors (Lipinski definition) is 3. The van der Waals surface area contributed by atoms with Gasteiger partial charge in [-0.2, -0.15) is 11.8 Å². The average molecular weight is 349 g/mol. The van der Waals surface area contributed by atoms with Crippen molar-refractivity contribution < 1.29 is 8.81 Å². The maximum atomic E-state index is 13.2. The number of furan rings is 1. The highest BCUT2D eigenvalue weighted by Crippen LogP contribution is 2.03. The number of hydrogen-bond donors (Lipinski definition) is 2. The van der Waals surface area contributed by atoms with Gasteiger partial charge in [-0.05, 0) is 42.5 Å². The van der Waals surface area contributed by atoms with Crippen LogP contribution >= 0.6 is 11.8 Å². The van der Waals surface area contributed by atoms with Crippen LogP contribution in [0.1, 0.15) is 11.3 Å². The fourth-order valence-corrected chi connectivity index (χ4v) is 2.47. The summed E-state index contributed by atoms with van der Waals surface area (Å²) < 4.78 is 18.5. The molecule has 0 saturated heterocycles. The Hall–Kier alpha value is -1.95. The first kappa shape index (κ1) is 18.4. The van der Waals surface area contributed by atoms with E-state index in [9.17, 15) is 4.39 Å². The summed E-state index contributed by atoms with van der Waals surface area (Å²) in [6, 6.07) is 10.5. The Balaban J connectivity index is 1.77. The Kier molecular flexibility index (Phi) is 8.24. The molecule has 130 valence electrons. The highest BCUT2D eigenvalue weighted by Gasteiger charge is 2.01. The topological polar surface area (TPSA) is 49.6 Å². The molecule has 4 nitrogen and oxygen atoms in total. The van der Waals surface area contributed by atoms with Crippen molar-refractivity contribution in [3.8, 4) is 0 Å². The first-order valence-electron chi connectivity index (χ1n) is 8.06. The van der Waals surface area contributed by atoms with Crippen molar-refractivity contribution in [3.63, 3.8) is 0 Å². The summed E-state index contributed by atoms with van der Waals surface area (Å²) in [5.41, 5.74) is 0.974. The van der Waals surface area contributed by atoms with Gasteiger partial charge in [-0.25, -0.2) is 4.39 Å². The zero-order valence-electron chi connectivity index (χ0n) is 13.9. The zero-order chi connectivity index (χ0) is 17.0. The summed E-state index contributed by atoms with van der Waals surface area (Å²) in [4.78, 5) is 4.55. The van der Waals surface area contributed by atoms with Gasteiger partial charge in [0.2, 0.25) is 0 Å². The number of rotatable bonds is 9. The zero-order valence-corrected chi connectivity index (χ0v) is 14.7. The van der Waals surface area contributed by atoms with Gasteiger partial charge in [0.05, 0.1) is 12.8 Å². The SMILES string of the molecule is CSCCN=C(NCCc1cccc(F)c1)NCCc1ccco1. The Morgan fingerprint density at radius 2 is 2.00 bits per heavy atom. The van der Waals surface area contributed by atoms with Crippen molar-refractivity contribution in [2.75, 3.05) is 31.6 Å². The highest BCUT2D eigenvalue weighted by molar-refractivity contribution is 7.98. The van der Waals surface area contributed by atoms with Gasteiger partial charge in [0.15, 0.2) is 5.96 Å². The van der Waals surface area contributed by atoms with Crippen LogP contribution in [0.3, 0.4) is 0 Å². The molecular weight excluding hydrogens is 325 g/mol. The smallest absolute Gasteiger partial charge is 0.191 e. The van der Waals surface area contributed by atoms with Gasteiger partial charge in [-0.15, -0.1) is 0 Å². The molecule has 0 amide bonds. The number of thioether (sulfide) groups is 1. The van der Waals surface area contributed by atoms with Crippen molar-refractivity contribution >= 4 is 17.7 Å². The largest absolute Gasteiger partial charge is 0.469 e. The van der Waals surface area contributed by atoms with E-state index in [-0.39, 0.29) is 5.82 Å². The van der Waals surface area contributed by atoms with E-state index in [2.05, 4.69) is 21.9 Å². The molecule has 0 saturated carbocycles. The van der Waals surface area contributed by atoms with Gasteiger partial charge in [0, 0.05) is 25.3 Å². The van der Waals surface area contributed by atoms with Crippen molar-refractivity contribution in [2.45, 2.75) is 12.8 Å². The molecular formula is C18H24FN3OS. The van der Waals surface area contributed by atoms with E-state index in [0.717, 1.165) is 49.0 Å². The Morgan fingerprint density at radius 3 is 2.71 bits per heavy atom. The quantitative estimate of drug-likeness (QED) is 0.415. The standard InChI is InChI=1S/C18H24FN3OS/c1-24-13-11-22-18(21-10-8-17-6-3-12-23-17)20-9-7-15-4-2-5-16(19)14-15/h2-6,12,14H,7-11,13H2,1H3,(H2,20,21,22). The molecule has 2 rings (SSSR count). The minimum absolute atomic E-state index is 0.196. The second-order valence-corrected chi connectivity index (χ2v) is 6.27. The molecule has 2 N–H and O–H groups in total. The highest BCUT2D eigenvalue weighted by atomic mass is 32.2. The predicted octanol–water partition coefficient (Wildman–Crippen LogP) is 3.10. The van der Waals surface area contributed by atoms with Crippen LogP contribution in [0, 0.1) is 5.82 Å². The number of aliphatic imine (C=N–C) groups is 1. The average Bonchev–Trinajstić information content (AvgIpc) is 3.08. The van der Waals surface area contributed by atoms with Gasteiger partial charge in [0.25, 0.3) is 0 Å². The minimum Gasteiger partial charge on any atom is -0.469 e. The van der Waals surface area contributed by atoms with Gasteiger partial charge in [-0.3, -0.25) is 4.99 Å². The lowest BCUT2D eigenvalue weighted by Crippen LogP contribution is -2.39. The van der Waals surface area contributed by atoms with E-state index < -0.39 is 0 Å². The Labute approximate surface area is 146 Å². The predicted molar refractivity (Wildman–Crippen MR) is 99.2 cm³/mol. The van der Waals surface area contributed by atoms with Crippen molar-refractivity contribution in [1.29, 1.82) is 0 Å². The lowest BCUT2D eigenvalue weighted by molar-refractivity contribution is 0.507. The van der Waals surface area contributed by atoms with Gasteiger partial charge < -0.3 is 15.1 Å². The van der Waals surface area contributed by atoms with Crippen molar-refractivity contribution in [2.24, 2.45) is 4.99 Å².